The molecule has 0 aliphatic rings. The molecule has 1 unspecified atom stereocenters. The van der Waals surface area contributed by atoms with E-state index in [1.54, 1.807) is 24.5 Å². The molecule has 0 bridgehead atoms. The minimum atomic E-state index is -0.521. The van der Waals surface area contributed by atoms with Gasteiger partial charge in [0.1, 0.15) is 5.75 Å². The Bertz CT molecular complexity index is 611. The lowest BCUT2D eigenvalue weighted by Gasteiger charge is -2.18. The number of pyridine rings is 1. The van der Waals surface area contributed by atoms with Crippen molar-refractivity contribution in [3.8, 4) is 5.75 Å². The third-order valence-electron chi connectivity index (χ3n) is 3.35. The van der Waals surface area contributed by atoms with Crippen molar-refractivity contribution in [2.75, 3.05) is 5.32 Å². The molecule has 0 aliphatic carbocycles. The highest BCUT2D eigenvalue weighted by Gasteiger charge is 2.18. The van der Waals surface area contributed by atoms with Crippen LogP contribution in [-0.2, 0) is 4.79 Å². The van der Waals surface area contributed by atoms with Crippen LogP contribution in [0.25, 0.3) is 0 Å². The zero-order valence-corrected chi connectivity index (χ0v) is 12.6. The Kier molecular flexibility index (Phi) is 4.93. The second-order valence-electron chi connectivity index (χ2n) is 4.99. The molecule has 0 aliphatic heterocycles. The van der Waals surface area contributed by atoms with Gasteiger partial charge in [-0.1, -0.05) is 13.0 Å². The van der Waals surface area contributed by atoms with E-state index in [4.69, 9.17) is 4.74 Å². The molecule has 110 valence electrons. The van der Waals surface area contributed by atoms with Crippen molar-refractivity contribution in [3.05, 3.63) is 53.9 Å². The number of amides is 1. The fraction of sp³-hybridized carbons (Fsp3) is 0.294. The average molecular weight is 284 g/mol. The van der Waals surface area contributed by atoms with Crippen LogP contribution in [0.15, 0.2) is 42.7 Å². The van der Waals surface area contributed by atoms with Gasteiger partial charge in [0.05, 0.1) is 11.9 Å². The van der Waals surface area contributed by atoms with Crippen molar-refractivity contribution in [2.45, 2.75) is 33.3 Å². The van der Waals surface area contributed by atoms with E-state index in [0.29, 0.717) is 17.9 Å². The van der Waals surface area contributed by atoms with Gasteiger partial charge in [0.15, 0.2) is 6.10 Å². The monoisotopic (exact) mass is 284 g/mol. The van der Waals surface area contributed by atoms with Gasteiger partial charge < -0.3 is 10.1 Å². The summed E-state index contributed by atoms with van der Waals surface area (Å²) in [6.45, 7) is 6.00. The van der Waals surface area contributed by atoms with Gasteiger partial charge in [0.25, 0.3) is 5.91 Å². The van der Waals surface area contributed by atoms with E-state index in [1.807, 2.05) is 39.0 Å². The van der Waals surface area contributed by atoms with E-state index in [1.165, 1.54) is 5.56 Å². The first-order valence-corrected chi connectivity index (χ1v) is 7.05. The average Bonchev–Trinajstić information content (AvgIpc) is 2.49. The number of nitrogens with zero attached hydrogens (tertiary/aromatic N) is 1. The third kappa shape index (κ3) is 4.05. The van der Waals surface area contributed by atoms with E-state index >= 15 is 0 Å². The van der Waals surface area contributed by atoms with Crippen molar-refractivity contribution in [1.82, 2.24) is 4.98 Å². The maximum Gasteiger partial charge on any atom is 0.265 e. The molecule has 0 saturated heterocycles. The Morgan fingerprint density at radius 1 is 1.29 bits per heavy atom. The zero-order valence-electron chi connectivity index (χ0n) is 12.6. The molecule has 1 aromatic carbocycles. The fourth-order valence-corrected chi connectivity index (χ4v) is 1.93. The summed E-state index contributed by atoms with van der Waals surface area (Å²) >= 11 is 0. The number of aryl methyl sites for hydroxylation is 2. The molecule has 0 saturated carbocycles. The van der Waals surface area contributed by atoms with Crippen LogP contribution in [0.1, 0.15) is 24.5 Å². The van der Waals surface area contributed by atoms with Crippen LogP contribution in [0.5, 0.6) is 5.75 Å². The van der Waals surface area contributed by atoms with Crippen LogP contribution in [-0.4, -0.2) is 17.0 Å². The maximum atomic E-state index is 12.2. The van der Waals surface area contributed by atoms with E-state index in [-0.39, 0.29) is 5.91 Å². The molecule has 1 heterocycles. The molecular formula is C17H20N2O2. The quantitative estimate of drug-likeness (QED) is 0.914. The highest BCUT2D eigenvalue weighted by atomic mass is 16.5. The van der Waals surface area contributed by atoms with Gasteiger partial charge >= 0.3 is 0 Å². The van der Waals surface area contributed by atoms with Crippen molar-refractivity contribution in [3.63, 3.8) is 0 Å². The number of ether oxygens (including phenoxy) is 1. The van der Waals surface area contributed by atoms with E-state index in [9.17, 15) is 4.79 Å². The Morgan fingerprint density at radius 2 is 2.10 bits per heavy atom. The lowest BCUT2D eigenvalue weighted by molar-refractivity contribution is -0.122. The summed E-state index contributed by atoms with van der Waals surface area (Å²) in [7, 11) is 0. The van der Waals surface area contributed by atoms with Crippen molar-refractivity contribution in [2.24, 2.45) is 0 Å². The lowest BCUT2D eigenvalue weighted by Crippen LogP contribution is -2.32. The van der Waals surface area contributed by atoms with Crippen molar-refractivity contribution in [1.29, 1.82) is 0 Å². The largest absolute Gasteiger partial charge is 0.481 e. The standard InChI is InChI=1S/C17H20N2O2/c1-4-16(17(20)19-14-6-5-9-18-11-14)21-15-8-7-12(2)13(3)10-15/h5-11,16H,4H2,1-3H3,(H,19,20). The first kappa shape index (κ1) is 15.0. The van der Waals surface area contributed by atoms with Crippen LogP contribution >= 0.6 is 0 Å². The maximum absolute atomic E-state index is 12.2. The molecule has 4 heteroatoms. The molecule has 1 amide bonds. The van der Waals surface area contributed by atoms with Gasteiger partial charge in [-0.3, -0.25) is 9.78 Å². The molecule has 1 aromatic heterocycles. The predicted molar refractivity (Wildman–Crippen MR) is 83.5 cm³/mol. The molecule has 4 nitrogen and oxygen atoms in total. The van der Waals surface area contributed by atoms with Gasteiger partial charge in [-0.2, -0.15) is 0 Å². The van der Waals surface area contributed by atoms with Gasteiger partial charge in [0, 0.05) is 6.20 Å². The summed E-state index contributed by atoms with van der Waals surface area (Å²) in [5, 5.41) is 2.81. The van der Waals surface area contributed by atoms with Gasteiger partial charge in [-0.25, -0.2) is 0 Å². The van der Waals surface area contributed by atoms with Crippen LogP contribution < -0.4 is 10.1 Å². The number of hydrogen-bond donors (Lipinski definition) is 1. The van der Waals surface area contributed by atoms with Gasteiger partial charge in [-0.15, -0.1) is 0 Å². The van der Waals surface area contributed by atoms with E-state index in [0.717, 1.165) is 5.56 Å². The highest BCUT2D eigenvalue weighted by Crippen LogP contribution is 2.19. The molecule has 2 rings (SSSR count). The summed E-state index contributed by atoms with van der Waals surface area (Å²) in [6.07, 6.45) is 3.35. The van der Waals surface area contributed by atoms with E-state index < -0.39 is 6.10 Å². The van der Waals surface area contributed by atoms with Crippen molar-refractivity contribution >= 4 is 11.6 Å². The summed E-state index contributed by atoms with van der Waals surface area (Å²) in [5.41, 5.74) is 3.02. The first-order valence-electron chi connectivity index (χ1n) is 7.05. The Labute approximate surface area is 125 Å². The number of anilines is 1. The molecule has 2 aromatic rings. The molecule has 1 N–H and O–H groups in total. The Hall–Kier alpha value is -2.36. The molecular weight excluding hydrogens is 264 g/mol. The summed E-state index contributed by atoms with van der Waals surface area (Å²) in [4.78, 5) is 16.2. The normalized spacial score (nSPS) is 11.8. The van der Waals surface area contributed by atoms with Crippen LogP contribution in [0.3, 0.4) is 0 Å². The third-order valence-corrected chi connectivity index (χ3v) is 3.35. The second-order valence-corrected chi connectivity index (χ2v) is 4.99. The number of nitrogens with one attached hydrogen (secondary N) is 1. The number of carbonyl (C=O) groups is 1. The van der Waals surface area contributed by atoms with Crippen LogP contribution in [0, 0.1) is 13.8 Å². The lowest BCUT2D eigenvalue weighted by atomic mass is 10.1. The van der Waals surface area contributed by atoms with Crippen LogP contribution in [0.4, 0.5) is 5.69 Å². The fourth-order valence-electron chi connectivity index (χ4n) is 1.93. The van der Waals surface area contributed by atoms with Crippen LogP contribution in [0.2, 0.25) is 0 Å². The minimum Gasteiger partial charge on any atom is -0.481 e. The Balaban J connectivity index is 2.05. The number of carbonyl (C=O) groups excluding carboxylic acids is 1. The summed E-state index contributed by atoms with van der Waals surface area (Å²) < 4.78 is 5.80. The Morgan fingerprint density at radius 3 is 2.71 bits per heavy atom. The molecule has 0 radical (unpaired) electrons. The van der Waals surface area contributed by atoms with E-state index in [2.05, 4.69) is 10.3 Å². The smallest absolute Gasteiger partial charge is 0.265 e. The molecule has 0 fully saturated rings. The zero-order chi connectivity index (χ0) is 15.2. The SMILES string of the molecule is CCC(Oc1ccc(C)c(C)c1)C(=O)Nc1cccnc1. The minimum absolute atomic E-state index is 0.163. The number of benzene rings is 1. The molecule has 1 atom stereocenters. The molecule has 0 spiro atoms. The summed E-state index contributed by atoms with van der Waals surface area (Å²) in [6, 6.07) is 9.42. The topological polar surface area (TPSA) is 51.2 Å². The first-order chi connectivity index (χ1) is 10.1. The van der Waals surface area contributed by atoms with Gasteiger partial charge in [0.2, 0.25) is 0 Å². The highest BCUT2D eigenvalue weighted by molar-refractivity contribution is 5.94. The number of aromatic nitrogens is 1. The van der Waals surface area contributed by atoms with Gasteiger partial charge in [-0.05, 0) is 55.7 Å². The van der Waals surface area contributed by atoms with Crippen molar-refractivity contribution < 1.29 is 9.53 Å². The number of hydrogen-bond acceptors (Lipinski definition) is 3. The second kappa shape index (κ2) is 6.88. The summed E-state index contributed by atoms with van der Waals surface area (Å²) in [5.74, 6) is 0.551. The predicted octanol–water partition coefficient (Wildman–Crippen LogP) is 3.49. The number of rotatable bonds is 5. The molecule has 21 heavy (non-hydrogen) atoms.